The third-order valence-electron chi connectivity index (χ3n) is 3.11. The second kappa shape index (κ2) is 8.01. The molecule has 21 heavy (non-hydrogen) atoms. The Bertz CT molecular complexity index is 411. The van der Waals surface area contributed by atoms with Crippen LogP contribution in [0.15, 0.2) is 24.3 Å². The van der Waals surface area contributed by atoms with Crippen molar-refractivity contribution < 1.29 is 14.0 Å². The van der Waals surface area contributed by atoms with Crippen molar-refractivity contribution in [1.82, 2.24) is 0 Å². The lowest BCUT2D eigenvalue weighted by Gasteiger charge is -2.31. The molecule has 0 atom stereocenters. The molecule has 0 radical (unpaired) electrons. The van der Waals surface area contributed by atoms with Gasteiger partial charge in [-0.2, -0.15) is 0 Å². The lowest BCUT2D eigenvalue weighted by atomic mass is 10.2. The molecule has 0 fully saturated rings. The number of ether oxygens (including phenoxy) is 1. The molecule has 0 aromatic heterocycles. The van der Waals surface area contributed by atoms with Gasteiger partial charge in [0.15, 0.2) is 16.6 Å². The van der Waals surface area contributed by atoms with Gasteiger partial charge in [0.25, 0.3) is 0 Å². The first-order chi connectivity index (χ1) is 9.68. The maximum atomic E-state index is 9.19. The fourth-order valence-corrected chi connectivity index (χ4v) is 10.6. The normalized spacial score (nSPS) is 12.4. The van der Waals surface area contributed by atoms with Gasteiger partial charge in [-0.15, -0.1) is 0 Å². The van der Waals surface area contributed by atoms with Crippen LogP contribution in [-0.2, 0) is 4.12 Å². The highest BCUT2D eigenvalue weighted by Crippen LogP contribution is 2.21. The Morgan fingerprint density at radius 2 is 1.52 bits per heavy atom. The van der Waals surface area contributed by atoms with Crippen molar-refractivity contribution in [1.29, 1.82) is 0 Å². The van der Waals surface area contributed by atoms with Crippen LogP contribution in [0, 0.1) is 0 Å². The van der Waals surface area contributed by atoms with Crippen LogP contribution in [0.3, 0.4) is 0 Å². The summed E-state index contributed by atoms with van der Waals surface area (Å²) in [6.45, 7) is 12.2. The van der Waals surface area contributed by atoms with Crippen molar-refractivity contribution in [2.75, 3.05) is 6.61 Å². The van der Waals surface area contributed by atoms with E-state index in [2.05, 4.69) is 32.7 Å². The third kappa shape index (κ3) is 8.96. The number of unbranched alkanes of at least 4 members (excludes halogenated alkanes) is 2. The Kier molecular flexibility index (Phi) is 6.96. The average molecular weight is 327 g/mol. The van der Waals surface area contributed by atoms with Gasteiger partial charge in [-0.3, -0.25) is 0 Å². The molecule has 0 aliphatic rings. The van der Waals surface area contributed by atoms with Crippen LogP contribution in [-0.4, -0.2) is 28.3 Å². The highest BCUT2D eigenvalue weighted by Gasteiger charge is 2.28. The minimum absolute atomic E-state index is 0.275. The zero-order valence-corrected chi connectivity index (χ0v) is 16.1. The number of hydrogen-bond acceptors (Lipinski definition) is 3. The van der Waals surface area contributed by atoms with Gasteiger partial charge < -0.3 is 14.0 Å². The van der Waals surface area contributed by atoms with Crippen molar-refractivity contribution in [3.05, 3.63) is 24.3 Å². The quantitative estimate of drug-likeness (QED) is 0.513. The molecule has 0 saturated carbocycles. The molecule has 0 bridgehead atoms. The monoisotopic (exact) mass is 326 g/mol. The number of aromatic hydroxyl groups is 1. The van der Waals surface area contributed by atoms with E-state index in [-0.39, 0.29) is 5.75 Å². The van der Waals surface area contributed by atoms with E-state index in [1.807, 2.05) is 0 Å². The van der Waals surface area contributed by atoms with E-state index in [4.69, 9.17) is 8.85 Å². The van der Waals surface area contributed by atoms with Crippen LogP contribution < -0.4 is 4.74 Å². The summed E-state index contributed by atoms with van der Waals surface area (Å²) in [4.78, 5) is 0. The van der Waals surface area contributed by atoms with Crippen molar-refractivity contribution in [3.63, 3.8) is 0 Å². The van der Waals surface area contributed by atoms with Crippen LogP contribution in [0.5, 0.6) is 11.5 Å². The molecule has 1 aromatic carbocycles. The van der Waals surface area contributed by atoms with Crippen molar-refractivity contribution >= 4 is 16.6 Å². The van der Waals surface area contributed by atoms with Gasteiger partial charge in [0.2, 0.25) is 0 Å². The molecule has 0 heterocycles. The molecule has 0 saturated heterocycles. The van der Waals surface area contributed by atoms with Crippen LogP contribution >= 0.6 is 0 Å². The Morgan fingerprint density at radius 1 is 0.905 bits per heavy atom. The zero-order valence-electron chi connectivity index (χ0n) is 14.1. The minimum atomic E-state index is -1.48. The smallest absolute Gasteiger partial charge is 0.173 e. The van der Waals surface area contributed by atoms with Crippen LogP contribution in [0.4, 0.5) is 0 Å². The topological polar surface area (TPSA) is 38.7 Å². The summed E-state index contributed by atoms with van der Waals surface area (Å²) in [5.41, 5.74) is 0. The fourth-order valence-electron chi connectivity index (χ4n) is 2.44. The van der Waals surface area contributed by atoms with Crippen LogP contribution in [0.2, 0.25) is 38.8 Å². The molecule has 0 amide bonds. The van der Waals surface area contributed by atoms with Gasteiger partial charge in [0, 0.05) is 0 Å². The van der Waals surface area contributed by atoms with Gasteiger partial charge in [0.1, 0.15) is 11.5 Å². The molecular weight excluding hydrogens is 296 g/mol. The second-order valence-electron chi connectivity index (χ2n) is 7.13. The van der Waals surface area contributed by atoms with E-state index in [0.717, 1.165) is 18.8 Å². The van der Waals surface area contributed by atoms with Gasteiger partial charge in [-0.25, -0.2) is 0 Å². The van der Waals surface area contributed by atoms with Gasteiger partial charge in [-0.05, 0) is 69.5 Å². The Balaban J connectivity index is 2.13. The SMILES string of the molecule is C[Si](C)(C)O[Si](C)(C)CCCCCOc1ccc(O)cc1. The summed E-state index contributed by atoms with van der Waals surface area (Å²) >= 11 is 0. The first-order valence-electron chi connectivity index (χ1n) is 7.80. The van der Waals surface area contributed by atoms with Gasteiger partial charge in [-0.1, -0.05) is 12.8 Å². The Labute approximate surface area is 131 Å². The maximum absolute atomic E-state index is 9.19. The molecular formula is C16H30O3Si2. The molecule has 3 nitrogen and oxygen atoms in total. The van der Waals surface area contributed by atoms with Crippen molar-refractivity contribution in [3.8, 4) is 11.5 Å². The van der Waals surface area contributed by atoms with Crippen LogP contribution in [0.1, 0.15) is 19.3 Å². The number of phenolic OH excluding ortho intramolecular Hbond substituents is 1. The maximum Gasteiger partial charge on any atom is 0.173 e. The van der Waals surface area contributed by atoms with E-state index < -0.39 is 16.6 Å². The summed E-state index contributed by atoms with van der Waals surface area (Å²) in [6, 6.07) is 8.13. The third-order valence-corrected chi connectivity index (χ3v) is 9.33. The average Bonchev–Trinajstić information content (AvgIpc) is 2.32. The van der Waals surface area contributed by atoms with E-state index in [1.54, 1.807) is 24.3 Å². The summed E-state index contributed by atoms with van der Waals surface area (Å²) in [6.07, 6.45) is 3.48. The Hall–Kier alpha value is -0.786. The second-order valence-corrected chi connectivity index (χ2v) is 16.2. The fraction of sp³-hybridized carbons (Fsp3) is 0.625. The number of hydrogen-bond donors (Lipinski definition) is 1. The lowest BCUT2D eigenvalue weighted by Crippen LogP contribution is -2.42. The molecule has 0 spiro atoms. The predicted octanol–water partition coefficient (Wildman–Crippen LogP) is 5.00. The minimum Gasteiger partial charge on any atom is -0.508 e. The molecule has 1 N–H and O–H groups in total. The van der Waals surface area contributed by atoms with Crippen LogP contribution in [0.25, 0.3) is 0 Å². The van der Waals surface area contributed by atoms with Crippen molar-refractivity contribution in [2.45, 2.75) is 58.0 Å². The van der Waals surface area contributed by atoms with Gasteiger partial charge >= 0.3 is 0 Å². The highest BCUT2D eigenvalue weighted by atomic mass is 28.4. The van der Waals surface area contributed by atoms with Crippen molar-refractivity contribution in [2.24, 2.45) is 0 Å². The molecule has 120 valence electrons. The largest absolute Gasteiger partial charge is 0.508 e. The molecule has 1 aromatic rings. The van der Waals surface area contributed by atoms with Gasteiger partial charge in [0.05, 0.1) is 6.61 Å². The zero-order chi connectivity index (χ0) is 15.9. The summed E-state index contributed by atoms with van der Waals surface area (Å²) < 4.78 is 12.0. The van der Waals surface area contributed by atoms with E-state index in [1.165, 1.54) is 18.9 Å². The van der Waals surface area contributed by atoms with E-state index in [0.29, 0.717) is 0 Å². The molecule has 0 aliphatic heterocycles. The lowest BCUT2D eigenvalue weighted by molar-refractivity contribution is 0.305. The number of benzene rings is 1. The highest BCUT2D eigenvalue weighted by molar-refractivity contribution is 6.84. The molecule has 0 unspecified atom stereocenters. The molecule has 0 aliphatic carbocycles. The molecule has 1 rings (SSSR count). The summed E-state index contributed by atoms with van der Waals surface area (Å²) in [5.74, 6) is 1.10. The first-order valence-corrected chi connectivity index (χ1v) is 14.3. The number of phenols is 1. The summed E-state index contributed by atoms with van der Waals surface area (Å²) in [7, 11) is -2.88. The first kappa shape index (κ1) is 18.3. The van der Waals surface area contributed by atoms with E-state index >= 15 is 0 Å². The molecule has 5 heteroatoms. The predicted molar refractivity (Wildman–Crippen MR) is 94.2 cm³/mol. The standard InChI is InChI=1S/C16H30O3Si2/c1-20(2,3)19-21(4,5)14-8-6-7-13-18-16-11-9-15(17)10-12-16/h9-12,17H,6-8,13-14H2,1-5H3. The number of rotatable bonds is 9. The van der Waals surface area contributed by atoms with E-state index in [9.17, 15) is 5.11 Å². The summed E-state index contributed by atoms with van der Waals surface area (Å²) in [5, 5.41) is 9.19. The Morgan fingerprint density at radius 3 is 2.10 bits per heavy atom.